The molecule has 1 saturated heterocycles. The van der Waals surface area contributed by atoms with E-state index >= 15 is 0 Å². The molecule has 0 saturated carbocycles. The van der Waals surface area contributed by atoms with Gasteiger partial charge in [-0.25, -0.2) is 14.4 Å². The maximum atomic E-state index is 15.0. The minimum atomic E-state index is -4.95. The SMILES string of the molecule is [2H]C([2H])([2H])NC(=O)c1ccc(N2CCN(Cc3ccc4nc(C(F)(F)F)c(=O)[nH]c4c3F)CC2)cn1. The van der Waals surface area contributed by atoms with Crippen molar-refractivity contribution in [3.8, 4) is 0 Å². The maximum Gasteiger partial charge on any atom is 0.438 e. The van der Waals surface area contributed by atoms with E-state index in [9.17, 15) is 27.2 Å². The van der Waals surface area contributed by atoms with E-state index in [0.29, 0.717) is 26.2 Å². The number of hydrogen-bond acceptors (Lipinski definition) is 6. The van der Waals surface area contributed by atoms with Gasteiger partial charge in [0.2, 0.25) is 5.69 Å². The molecule has 1 aromatic carbocycles. The number of anilines is 1. The minimum absolute atomic E-state index is 0.0322. The summed E-state index contributed by atoms with van der Waals surface area (Å²) >= 11 is 0. The summed E-state index contributed by atoms with van der Waals surface area (Å²) in [4.78, 5) is 36.8. The van der Waals surface area contributed by atoms with E-state index in [-0.39, 0.29) is 28.8 Å². The van der Waals surface area contributed by atoms with Crippen molar-refractivity contribution in [1.82, 2.24) is 25.2 Å². The molecular formula is C21H20F4N6O2. The molecule has 0 aliphatic carbocycles. The molecule has 1 amide bonds. The second kappa shape index (κ2) is 8.77. The van der Waals surface area contributed by atoms with Crippen molar-refractivity contribution in [2.75, 3.05) is 38.1 Å². The van der Waals surface area contributed by atoms with Gasteiger partial charge in [-0.1, -0.05) is 6.07 Å². The predicted molar refractivity (Wildman–Crippen MR) is 112 cm³/mol. The van der Waals surface area contributed by atoms with Gasteiger partial charge in [-0.2, -0.15) is 13.2 Å². The second-order valence-corrected chi connectivity index (χ2v) is 7.46. The van der Waals surface area contributed by atoms with Crippen LogP contribution in [-0.4, -0.2) is 58.9 Å². The highest BCUT2D eigenvalue weighted by molar-refractivity contribution is 5.92. The molecule has 8 nitrogen and oxygen atoms in total. The lowest BCUT2D eigenvalue weighted by Crippen LogP contribution is -2.46. The number of amides is 1. The zero-order valence-corrected chi connectivity index (χ0v) is 17.0. The van der Waals surface area contributed by atoms with Gasteiger partial charge in [-0.15, -0.1) is 0 Å². The van der Waals surface area contributed by atoms with E-state index in [0.717, 1.165) is 5.69 Å². The van der Waals surface area contributed by atoms with Gasteiger partial charge in [-0.3, -0.25) is 14.5 Å². The van der Waals surface area contributed by atoms with Gasteiger partial charge in [0.15, 0.2) is 5.82 Å². The number of H-pyrrole nitrogens is 1. The molecule has 4 rings (SSSR count). The molecule has 2 N–H and O–H groups in total. The number of aromatic amines is 1. The third kappa shape index (κ3) is 4.65. The van der Waals surface area contributed by atoms with Crippen molar-refractivity contribution >= 4 is 22.6 Å². The van der Waals surface area contributed by atoms with Crippen LogP contribution in [0.3, 0.4) is 0 Å². The van der Waals surface area contributed by atoms with Crippen LogP contribution in [0.1, 0.15) is 25.9 Å². The number of hydrogen-bond donors (Lipinski definition) is 2. The quantitative estimate of drug-likeness (QED) is 0.572. The molecular weight excluding hydrogens is 444 g/mol. The highest BCUT2D eigenvalue weighted by Gasteiger charge is 2.36. The van der Waals surface area contributed by atoms with Crippen molar-refractivity contribution < 1.29 is 26.5 Å². The molecule has 1 fully saturated rings. The summed E-state index contributed by atoms with van der Waals surface area (Å²) in [6, 6.07) is 5.66. The van der Waals surface area contributed by atoms with E-state index in [4.69, 9.17) is 4.11 Å². The van der Waals surface area contributed by atoms with Gasteiger partial charge in [0.1, 0.15) is 11.2 Å². The summed E-state index contributed by atoms with van der Waals surface area (Å²) in [5, 5.41) is 1.87. The van der Waals surface area contributed by atoms with Gasteiger partial charge < -0.3 is 15.2 Å². The van der Waals surface area contributed by atoms with E-state index in [2.05, 4.69) is 9.97 Å². The van der Waals surface area contributed by atoms with Gasteiger partial charge in [0, 0.05) is 49.4 Å². The number of alkyl halides is 3. The van der Waals surface area contributed by atoms with Crippen molar-refractivity contribution in [2.45, 2.75) is 12.7 Å². The van der Waals surface area contributed by atoms with Crippen LogP contribution >= 0.6 is 0 Å². The first-order valence-corrected chi connectivity index (χ1v) is 9.86. The second-order valence-electron chi connectivity index (χ2n) is 7.46. The van der Waals surface area contributed by atoms with Gasteiger partial charge in [-0.05, 0) is 18.2 Å². The van der Waals surface area contributed by atoms with Gasteiger partial charge >= 0.3 is 6.18 Å². The van der Waals surface area contributed by atoms with E-state index in [1.54, 1.807) is 6.07 Å². The van der Waals surface area contributed by atoms with Crippen molar-refractivity contribution in [2.24, 2.45) is 0 Å². The fraction of sp³-hybridized carbons (Fsp3) is 0.333. The molecule has 0 spiro atoms. The van der Waals surface area contributed by atoms with Crippen LogP contribution in [0.25, 0.3) is 11.0 Å². The molecule has 3 heterocycles. The average Bonchev–Trinajstić information content (AvgIpc) is 2.80. The summed E-state index contributed by atoms with van der Waals surface area (Å²) < 4.78 is 74.9. The number of carbonyl (C=O) groups is 1. The summed E-state index contributed by atoms with van der Waals surface area (Å²) in [6.45, 7) is -0.293. The molecule has 1 aliphatic heterocycles. The molecule has 0 radical (unpaired) electrons. The first kappa shape index (κ1) is 19.0. The van der Waals surface area contributed by atoms with Crippen LogP contribution in [0.15, 0.2) is 35.3 Å². The van der Waals surface area contributed by atoms with Gasteiger partial charge in [0.25, 0.3) is 11.5 Å². The largest absolute Gasteiger partial charge is 0.438 e. The highest BCUT2D eigenvalue weighted by Crippen LogP contribution is 2.27. The highest BCUT2D eigenvalue weighted by atomic mass is 19.4. The van der Waals surface area contributed by atoms with Gasteiger partial charge in [0.05, 0.1) is 17.4 Å². The van der Waals surface area contributed by atoms with Crippen LogP contribution in [0.2, 0.25) is 0 Å². The van der Waals surface area contributed by atoms with E-state index < -0.39 is 36.1 Å². The molecule has 1 aliphatic rings. The Morgan fingerprint density at radius 1 is 1.21 bits per heavy atom. The Kier molecular flexibility index (Phi) is 5.04. The summed E-state index contributed by atoms with van der Waals surface area (Å²) in [6.07, 6.45) is -3.48. The minimum Gasteiger partial charge on any atom is -0.368 e. The maximum absolute atomic E-state index is 15.0. The molecule has 174 valence electrons. The smallest absolute Gasteiger partial charge is 0.368 e. The molecule has 12 heteroatoms. The van der Waals surface area contributed by atoms with Crippen LogP contribution in [0.4, 0.5) is 23.2 Å². The zero-order chi connectivity index (χ0) is 26.3. The first-order chi connectivity index (χ1) is 16.8. The number of pyridine rings is 1. The zero-order valence-electron chi connectivity index (χ0n) is 20.0. The first-order valence-electron chi connectivity index (χ1n) is 11.4. The Labute approximate surface area is 189 Å². The Morgan fingerprint density at radius 3 is 2.61 bits per heavy atom. The van der Waals surface area contributed by atoms with Crippen LogP contribution in [0.5, 0.6) is 0 Å². The molecule has 0 unspecified atom stereocenters. The van der Waals surface area contributed by atoms with Crippen molar-refractivity contribution in [3.05, 3.63) is 63.6 Å². The number of nitrogens with zero attached hydrogens (tertiary/aromatic N) is 4. The van der Waals surface area contributed by atoms with Crippen LogP contribution in [-0.2, 0) is 12.7 Å². The lowest BCUT2D eigenvalue weighted by atomic mass is 10.1. The topological polar surface area (TPSA) is 94.2 Å². The molecule has 0 bridgehead atoms. The molecule has 2 aromatic heterocycles. The number of fused-ring (bicyclic) bond motifs is 1. The standard InChI is InChI=1S/C21H20F4N6O2/c1-26-19(32)15-5-3-13(10-27-15)31-8-6-30(7-9-31)11-12-2-4-14-17(16(12)22)29-20(33)18(28-14)21(23,24)25/h2-5,10H,6-9,11H2,1H3,(H,26,32)(H,29,33)/i1D3. The van der Waals surface area contributed by atoms with Crippen molar-refractivity contribution in [3.63, 3.8) is 0 Å². The Morgan fingerprint density at radius 2 is 1.97 bits per heavy atom. The third-order valence-electron chi connectivity index (χ3n) is 5.38. The number of benzene rings is 1. The number of aromatic nitrogens is 3. The Hall–Kier alpha value is -3.54. The van der Waals surface area contributed by atoms with Crippen molar-refractivity contribution in [1.29, 1.82) is 0 Å². The molecule has 3 aromatic rings. The molecule has 0 atom stereocenters. The number of halogens is 4. The average molecular weight is 467 g/mol. The van der Waals surface area contributed by atoms with E-state index in [1.165, 1.54) is 24.4 Å². The normalized spacial score (nSPS) is 16.8. The Balaban J connectivity index is 1.41. The monoisotopic (exact) mass is 467 g/mol. The van der Waals surface area contributed by atoms with Crippen LogP contribution < -0.4 is 15.8 Å². The predicted octanol–water partition coefficient (Wildman–Crippen LogP) is 2.16. The fourth-order valence-corrected chi connectivity index (χ4v) is 3.66. The number of piperazine rings is 1. The number of rotatable bonds is 4. The lowest BCUT2D eigenvalue weighted by Gasteiger charge is -2.36. The summed E-state index contributed by atoms with van der Waals surface area (Å²) in [7, 11) is 0. The molecule has 33 heavy (non-hydrogen) atoms. The Bertz CT molecular complexity index is 1340. The summed E-state index contributed by atoms with van der Waals surface area (Å²) in [5.74, 6) is -1.64. The lowest BCUT2D eigenvalue weighted by molar-refractivity contribution is -0.142. The fourth-order valence-electron chi connectivity index (χ4n) is 3.66. The number of nitrogens with one attached hydrogen (secondary N) is 2. The number of carbonyl (C=O) groups excluding carboxylic acids is 1. The van der Waals surface area contributed by atoms with Crippen LogP contribution in [0, 0.1) is 5.82 Å². The van der Waals surface area contributed by atoms with E-state index in [1.807, 2.05) is 20.1 Å². The summed E-state index contributed by atoms with van der Waals surface area (Å²) in [5.41, 5.74) is -2.90. The third-order valence-corrected chi connectivity index (χ3v) is 5.38.